The molecule has 0 unspecified atom stereocenters. The van der Waals surface area contributed by atoms with Crippen LogP contribution >= 0.6 is 34.8 Å². The lowest BCUT2D eigenvalue weighted by atomic mass is 9.96. The highest BCUT2D eigenvalue weighted by Gasteiger charge is 2.29. The first kappa shape index (κ1) is 27.4. The van der Waals surface area contributed by atoms with Crippen molar-refractivity contribution >= 4 is 58.5 Å². The molecule has 1 aliphatic rings. The van der Waals surface area contributed by atoms with Gasteiger partial charge in [0.1, 0.15) is 6.04 Å². The highest BCUT2D eigenvalue weighted by atomic mass is 35.5. The van der Waals surface area contributed by atoms with E-state index in [0.717, 1.165) is 0 Å². The van der Waals surface area contributed by atoms with Crippen LogP contribution in [-0.4, -0.2) is 52.8 Å². The molecule has 0 bridgehead atoms. The van der Waals surface area contributed by atoms with Crippen LogP contribution in [0, 0.1) is 0 Å². The van der Waals surface area contributed by atoms with Crippen LogP contribution in [0.5, 0.6) is 0 Å². The van der Waals surface area contributed by atoms with Crippen molar-refractivity contribution in [2.45, 2.75) is 19.0 Å². The van der Waals surface area contributed by atoms with Crippen LogP contribution in [0.25, 0.3) is 0 Å². The molecule has 0 aliphatic carbocycles. The van der Waals surface area contributed by atoms with Gasteiger partial charge in [-0.2, -0.15) is 0 Å². The summed E-state index contributed by atoms with van der Waals surface area (Å²) in [5, 5.41) is 15.0. The molecule has 0 saturated carbocycles. The number of nitrogens with zero attached hydrogens (tertiary/aromatic N) is 1. The molecule has 4 rings (SSSR count). The standard InChI is InChI=1S/C27H22Cl3N3O5/c28-18-8-4-7-16(11-18)26(36)33-10-9-19-17(14-33)12-20(29)22(23(19)30)25(35)32-21(27(37)38)13-31-24(34)15-5-2-1-3-6-15/h1-8,11-12,21H,9-10,13-14H2,(H,31,34)(H,32,35)(H,37,38)/t21-/m0/s1. The summed E-state index contributed by atoms with van der Waals surface area (Å²) in [6.45, 7) is 0.227. The zero-order chi connectivity index (χ0) is 27.4. The maximum Gasteiger partial charge on any atom is 0.328 e. The normalized spacial score (nSPS) is 13.3. The van der Waals surface area contributed by atoms with Crippen molar-refractivity contribution in [1.82, 2.24) is 15.5 Å². The summed E-state index contributed by atoms with van der Waals surface area (Å²) in [5.41, 5.74) is 2.07. The highest BCUT2D eigenvalue weighted by molar-refractivity contribution is 6.40. The van der Waals surface area contributed by atoms with Crippen LogP contribution in [0.3, 0.4) is 0 Å². The van der Waals surface area contributed by atoms with E-state index >= 15 is 0 Å². The first-order valence-corrected chi connectivity index (χ1v) is 12.7. The fraction of sp³-hybridized carbons (Fsp3) is 0.185. The minimum absolute atomic E-state index is 0.0146. The van der Waals surface area contributed by atoms with Gasteiger partial charge in [0.25, 0.3) is 17.7 Å². The number of amides is 3. The van der Waals surface area contributed by atoms with Crippen molar-refractivity contribution in [1.29, 1.82) is 0 Å². The summed E-state index contributed by atoms with van der Waals surface area (Å²) in [7, 11) is 0. The molecule has 8 nitrogen and oxygen atoms in total. The molecular weight excluding hydrogens is 553 g/mol. The Labute approximate surface area is 233 Å². The molecule has 0 fully saturated rings. The fourth-order valence-electron chi connectivity index (χ4n) is 4.15. The molecule has 1 atom stereocenters. The average molecular weight is 575 g/mol. The van der Waals surface area contributed by atoms with E-state index in [1.165, 1.54) is 0 Å². The van der Waals surface area contributed by atoms with Crippen LogP contribution in [0.2, 0.25) is 15.1 Å². The summed E-state index contributed by atoms with van der Waals surface area (Å²) in [4.78, 5) is 51.7. The van der Waals surface area contributed by atoms with Crippen molar-refractivity contribution in [2.75, 3.05) is 13.1 Å². The van der Waals surface area contributed by atoms with E-state index in [-0.39, 0.29) is 34.6 Å². The summed E-state index contributed by atoms with van der Waals surface area (Å²) >= 11 is 19.0. The lowest BCUT2D eigenvalue weighted by Gasteiger charge is -2.30. The lowest BCUT2D eigenvalue weighted by Crippen LogP contribution is -2.48. The summed E-state index contributed by atoms with van der Waals surface area (Å²) in [6, 6.07) is 15.1. The van der Waals surface area contributed by atoms with Gasteiger partial charge in [0.2, 0.25) is 0 Å². The number of fused-ring (bicyclic) bond motifs is 1. The molecule has 38 heavy (non-hydrogen) atoms. The first-order chi connectivity index (χ1) is 18.2. The fourth-order valence-corrected chi connectivity index (χ4v) is 5.11. The quantitative estimate of drug-likeness (QED) is 0.385. The Balaban J connectivity index is 1.48. The Kier molecular flexibility index (Phi) is 8.56. The van der Waals surface area contributed by atoms with Gasteiger partial charge in [0.15, 0.2) is 0 Å². The Morgan fingerprint density at radius 3 is 2.32 bits per heavy atom. The summed E-state index contributed by atoms with van der Waals surface area (Å²) in [5.74, 6) is -2.81. The number of hydrogen-bond acceptors (Lipinski definition) is 4. The zero-order valence-corrected chi connectivity index (χ0v) is 22.1. The second kappa shape index (κ2) is 11.9. The minimum Gasteiger partial charge on any atom is -0.480 e. The molecule has 3 N–H and O–H groups in total. The zero-order valence-electron chi connectivity index (χ0n) is 19.8. The number of carbonyl (C=O) groups is 4. The monoisotopic (exact) mass is 573 g/mol. The largest absolute Gasteiger partial charge is 0.480 e. The van der Waals surface area contributed by atoms with Gasteiger partial charge in [0, 0.05) is 35.8 Å². The Hall–Kier alpha value is -3.59. The molecule has 11 heteroatoms. The van der Waals surface area contributed by atoms with Gasteiger partial charge < -0.3 is 20.6 Å². The molecule has 0 saturated heterocycles. The molecule has 0 aromatic heterocycles. The van der Waals surface area contributed by atoms with E-state index < -0.39 is 23.8 Å². The second-order valence-corrected chi connectivity index (χ2v) is 9.83. The van der Waals surface area contributed by atoms with Crippen LogP contribution in [0.4, 0.5) is 0 Å². The number of carboxylic acid groups (broad SMARTS) is 1. The smallest absolute Gasteiger partial charge is 0.328 e. The average Bonchev–Trinajstić information content (AvgIpc) is 2.90. The maximum absolute atomic E-state index is 13.1. The van der Waals surface area contributed by atoms with Crippen molar-refractivity contribution in [2.24, 2.45) is 0 Å². The van der Waals surface area contributed by atoms with Gasteiger partial charge in [0.05, 0.1) is 15.6 Å². The molecule has 3 amide bonds. The Morgan fingerprint density at radius 2 is 1.63 bits per heavy atom. The van der Waals surface area contributed by atoms with E-state index in [2.05, 4.69) is 10.6 Å². The summed E-state index contributed by atoms with van der Waals surface area (Å²) < 4.78 is 0. The first-order valence-electron chi connectivity index (χ1n) is 11.6. The number of carboxylic acids is 1. The molecule has 3 aromatic carbocycles. The molecule has 1 heterocycles. The van der Waals surface area contributed by atoms with E-state index in [1.807, 2.05) is 0 Å². The number of benzene rings is 3. The molecule has 1 aliphatic heterocycles. The summed E-state index contributed by atoms with van der Waals surface area (Å²) in [6.07, 6.45) is 0.368. The topological polar surface area (TPSA) is 116 Å². The van der Waals surface area contributed by atoms with Gasteiger partial charge >= 0.3 is 5.97 Å². The van der Waals surface area contributed by atoms with Gasteiger partial charge in [-0.3, -0.25) is 14.4 Å². The van der Waals surface area contributed by atoms with Gasteiger partial charge in [-0.15, -0.1) is 0 Å². The molecule has 0 spiro atoms. The molecular formula is C27H22Cl3N3O5. The van der Waals surface area contributed by atoms with Crippen LogP contribution in [0.15, 0.2) is 60.7 Å². The van der Waals surface area contributed by atoms with E-state index in [0.29, 0.717) is 40.2 Å². The number of rotatable bonds is 7. The Bertz CT molecular complexity index is 1410. The third kappa shape index (κ3) is 6.10. The number of nitrogens with one attached hydrogen (secondary N) is 2. The molecule has 3 aromatic rings. The van der Waals surface area contributed by atoms with Crippen molar-refractivity contribution < 1.29 is 24.3 Å². The number of aliphatic carboxylic acids is 1. The lowest BCUT2D eigenvalue weighted by molar-refractivity contribution is -0.139. The van der Waals surface area contributed by atoms with Crippen molar-refractivity contribution in [3.8, 4) is 0 Å². The third-order valence-corrected chi connectivity index (χ3v) is 7.05. The van der Waals surface area contributed by atoms with Crippen LogP contribution in [0.1, 0.15) is 42.2 Å². The van der Waals surface area contributed by atoms with Crippen molar-refractivity contribution in [3.63, 3.8) is 0 Å². The molecule has 196 valence electrons. The van der Waals surface area contributed by atoms with Crippen LogP contribution in [-0.2, 0) is 17.8 Å². The minimum atomic E-state index is -1.43. The van der Waals surface area contributed by atoms with E-state index in [9.17, 15) is 24.3 Å². The number of hydrogen-bond donors (Lipinski definition) is 3. The number of carbonyl (C=O) groups excluding carboxylic acids is 3. The van der Waals surface area contributed by atoms with E-state index in [1.54, 1.807) is 65.6 Å². The third-order valence-electron chi connectivity index (χ3n) is 6.10. The van der Waals surface area contributed by atoms with Crippen LogP contribution < -0.4 is 10.6 Å². The Morgan fingerprint density at radius 1 is 0.921 bits per heavy atom. The van der Waals surface area contributed by atoms with Crippen molar-refractivity contribution in [3.05, 3.63) is 104 Å². The van der Waals surface area contributed by atoms with Gasteiger partial charge in [-0.05, 0) is 53.9 Å². The van der Waals surface area contributed by atoms with E-state index in [4.69, 9.17) is 34.8 Å². The highest BCUT2D eigenvalue weighted by Crippen LogP contribution is 2.35. The predicted molar refractivity (Wildman–Crippen MR) is 144 cm³/mol. The molecule has 0 radical (unpaired) electrons. The predicted octanol–water partition coefficient (Wildman–Crippen LogP) is 4.46. The SMILES string of the molecule is O=C(NC[C@H](NC(=O)c1c(Cl)cc2c(c1Cl)CCN(C(=O)c1cccc(Cl)c1)C2)C(=O)O)c1ccccc1. The second-order valence-electron chi connectivity index (χ2n) is 8.61. The van der Waals surface area contributed by atoms with Gasteiger partial charge in [-0.25, -0.2) is 4.79 Å². The maximum atomic E-state index is 13.1. The number of halogens is 3. The van der Waals surface area contributed by atoms with Gasteiger partial charge in [-0.1, -0.05) is 59.1 Å².